The fourth-order valence-electron chi connectivity index (χ4n) is 5.20. The summed E-state index contributed by atoms with van der Waals surface area (Å²) in [5.41, 5.74) is 4.86. The van der Waals surface area contributed by atoms with Crippen molar-refractivity contribution in [2.24, 2.45) is 0 Å². The number of nitrogens with one attached hydrogen (secondary N) is 1. The van der Waals surface area contributed by atoms with E-state index in [0.29, 0.717) is 16.5 Å². The number of rotatable bonds is 10. The van der Waals surface area contributed by atoms with Crippen molar-refractivity contribution in [2.45, 2.75) is 28.5 Å². The van der Waals surface area contributed by atoms with Crippen molar-refractivity contribution in [1.82, 2.24) is 9.29 Å². The number of aromatic nitrogens is 1. The minimum absolute atomic E-state index is 0.179. The molecule has 0 aliphatic carbocycles. The van der Waals surface area contributed by atoms with Gasteiger partial charge in [-0.1, -0.05) is 90.5 Å². The van der Waals surface area contributed by atoms with E-state index in [-0.39, 0.29) is 16.6 Å². The summed E-state index contributed by atoms with van der Waals surface area (Å²) >= 11 is 1.72. The number of fused-ring (bicyclic) bond motifs is 1. The molecule has 6 rings (SSSR count). The van der Waals surface area contributed by atoms with Gasteiger partial charge in [-0.25, -0.2) is 16.8 Å². The van der Waals surface area contributed by atoms with Gasteiger partial charge in [0.15, 0.2) is 0 Å². The van der Waals surface area contributed by atoms with Crippen LogP contribution in [0.2, 0.25) is 0 Å². The molecule has 46 heavy (non-hydrogen) atoms. The number of para-hydroxylation sites is 1. The van der Waals surface area contributed by atoms with Crippen LogP contribution in [0.1, 0.15) is 33.9 Å². The zero-order valence-electron chi connectivity index (χ0n) is 25.0. The quantitative estimate of drug-likeness (QED) is 0.120. The number of amides is 1. The normalized spacial score (nSPS) is 12.4. The Balaban J connectivity index is 1.25. The zero-order chi connectivity index (χ0) is 32.1. The maximum Gasteiger partial charge on any atom is 0.268 e. The van der Waals surface area contributed by atoms with Crippen LogP contribution in [-0.4, -0.2) is 18.3 Å². The standard InChI is InChI=1S/C38H31FN2O3S2/c1-27-11-22-34(23-12-27)46(43,44)41-25-31(35-9-5-6-10-36(35)41)17-24-37(42)40-38(29-13-18-32(39)19-14-29)30-15-20-33(21-16-30)45-26-28-7-3-2-4-8-28/h2-25,38H,26H2,1H3,(H,40,42)/b24-17+. The summed E-state index contributed by atoms with van der Waals surface area (Å²) < 4.78 is 42.2. The van der Waals surface area contributed by atoms with Crippen molar-refractivity contribution in [3.63, 3.8) is 0 Å². The average Bonchev–Trinajstić information content (AvgIpc) is 3.46. The number of hydrogen-bond acceptors (Lipinski definition) is 4. The summed E-state index contributed by atoms with van der Waals surface area (Å²) in [7, 11) is -3.87. The number of carbonyl (C=O) groups excluding carboxylic acids is 1. The van der Waals surface area contributed by atoms with Crippen LogP contribution in [-0.2, 0) is 20.6 Å². The van der Waals surface area contributed by atoms with Crippen molar-refractivity contribution in [3.8, 4) is 0 Å². The van der Waals surface area contributed by atoms with Crippen LogP contribution in [0.4, 0.5) is 4.39 Å². The molecule has 0 radical (unpaired) electrons. The van der Waals surface area contributed by atoms with Crippen LogP contribution in [0.5, 0.6) is 0 Å². The highest BCUT2D eigenvalue weighted by Crippen LogP contribution is 2.29. The van der Waals surface area contributed by atoms with Crippen molar-refractivity contribution in [1.29, 1.82) is 0 Å². The first kappa shape index (κ1) is 31.1. The summed E-state index contributed by atoms with van der Waals surface area (Å²) in [6.45, 7) is 1.90. The number of halogens is 1. The molecule has 1 amide bonds. The van der Waals surface area contributed by atoms with E-state index >= 15 is 0 Å². The van der Waals surface area contributed by atoms with Gasteiger partial charge < -0.3 is 5.32 Å². The Labute approximate surface area is 272 Å². The lowest BCUT2D eigenvalue weighted by Crippen LogP contribution is -2.27. The lowest BCUT2D eigenvalue weighted by atomic mass is 9.98. The number of hydrogen-bond donors (Lipinski definition) is 1. The van der Waals surface area contributed by atoms with Crippen molar-refractivity contribution < 1.29 is 17.6 Å². The molecule has 6 aromatic rings. The molecule has 0 saturated heterocycles. The molecule has 0 fully saturated rings. The van der Waals surface area contributed by atoms with E-state index in [1.54, 1.807) is 66.4 Å². The Morgan fingerprint density at radius 1 is 0.826 bits per heavy atom. The average molecular weight is 647 g/mol. The minimum atomic E-state index is -3.87. The lowest BCUT2D eigenvalue weighted by molar-refractivity contribution is -0.116. The third kappa shape index (κ3) is 6.98. The highest BCUT2D eigenvalue weighted by molar-refractivity contribution is 7.98. The highest BCUT2D eigenvalue weighted by atomic mass is 32.2. The summed E-state index contributed by atoms with van der Waals surface area (Å²) in [6.07, 6.45) is 4.54. The second kappa shape index (κ2) is 13.6. The Morgan fingerprint density at radius 2 is 1.46 bits per heavy atom. The van der Waals surface area contributed by atoms with Gasteiger partial charge in [0.1, 0.15) is 5.82 Å². The Kier molecular flexibility index (Phi) is 9.19. The van der Waals surface area contributed by atoms with Gasteiger partial charge in [0.2, 0.25) is 5.91 Å². The molecule has 1 N–H and O–H groups in total. The number of nitrogens with zero attached hydrogens (tertiary/aromatic N) is 1. The first-order valence-corrected chi connectivity index (χ1v) is 17.1. The van der Waals surface area contributed by atoms with Crippen LogP contribution in [0.3, 0.4) is 0 Å². The van der Waals surface area contributed by atoms with Gasteiger partial charge in [-0.05, 0) is 72.2 Å². The number of carbonyl (C=O) groups is 1. The molecular weight excluding hydrogens is 616 g/mol. The summed E-state index contributed by atoms with van der Waals surface area (Å²) in [5, 5.41) is 3.75. The van der Waals surface area contributed by atoms with E-state index in [0.717, 1.165) is 27.3 Å². The molecule has 0 aliphatic heterocycles. The molecule has 0 saturated carbocycles. The molecule has 0 aliphatic rings. The summed E-state index contributed by atoms with van der Waals surface area (Å²) in [5.74, 6) is 0.0969. The van der Waals surface area contributed by atoms with Crippen LogP contribution < -0.4 is 5.32 Å². The number of benzene rings is 5. The van der Waals surface area contributed by atoms with Crippen molar-refractivity contribution >= 4 is 44.7 Å². The van der Waals surface area contributed by atoms with Crippen LogP contribution >= 0.6 is 11.8 Å². The summed E-state index contributed by atoms with van der Waals surface area (Å²) in [6, 6.07) is 37.6. The van der Waals surface area contributed by atoms with Gasteiger partial charge in [-0.3, -0.25) is 4.79 Å². The molecule has 1 atom stereocenters. The second-order valence-corrected chi connectivity index (χ2v) is 13.7. The van der Waals surface area contributed by atoms with Gasteiger partial charge in [-0.2, -0.15) is 0 Å². The Hall–Kier alpha value is -4.92. The van der Waals surface area contributed by atoms with E-state index in [1.165, 1.54) is 33.9 Å². The smallest absolute Gasteiger partial charge is 0.268 e. The van der Waals surface area contributed by atoms with Gasteiger partial charge in [0.05, 0.1) is 16.5 Å². The third-order valence-corrected chi connectivity index (χ3v) is 10.4. The highest BCUT2D eigenvalue weighted by Gasteiger charge is 2.21. The molecule has 1 aromatic heterocycles. The van der Waals surface area contributed by atoms with E-state index in [2.05, 4.69) is 17.4 Å². The fraction of sp³-hybridized carbons (Fsp3) is 0.0789. The maximum atomic E-state index is 13.8. The maximum absolute atomic E-state index is 13.8. The molecule has 230 valence electrons. The fourth-order valence-corrected chi connectivity index (χ4v) is 7.43. The van der Waals surface area contributed by atoms with E-state index in [1.807, 2.05) is 61.5 Å². The molecular formula is C38H31FN2O3S2. The number of thioether (sulfide) groups is 1. The Bertz CT molecular complexity index is 2110. The third-order valence-electron chi connectivity index (χ3n) is 7.65. The van der Waals surface area contributed by atoms with Crippen LogP contribution in [0, 0.1) is 12.7 Å². The van der Waals surface area contributed by atoms with Crippen molar-refractivity contribution in [3.05, 3.63) is 173 Å². The van der Waals surface area contributed by atoms with E-state index in [9.17, 15) is 17.6 Å². The SMILES string of the molecule is Cc1ccc(S(=O)(=O)n2cc(/C=C/C(=O)NC(c3ccc(F)cc3)c3ccc(SCc4ccccc4)cc3)c3ccccc32)cc1. The predicted octanol–water partition coefficient (Wildman–Crippen LogP) is 8.54. The van der Waals surface area contributed by atoms with Gasteiger partial charge >= 0.3 is 0 Å². The van der Waals surface area contributed by atoms with Gasteiger partial charge in [-0.15, -0.1) is 11.8 Å². The lowest BCUT2D eigenvalue weighted by Gasteiger charge is -2.19. The molecule has 5 aromatic carbocycles. The topological polar surface area (TPSA) is 68.2 Å². The molecule has 0 spiro atoms. The van der Waals surface area contributed by atoms with E-state index < -0.39 is 16.1 Å². The predicted molar refractivity (Wildman–Crippen MR) is 184 cm³/mol. The zero-order valence-corrected chi connectivity index (χ0v) is 26.6. The first-order valence-electron chi connectivity index (χ1n) is 14.7. The minimum Gasteiger partial charge on any atom is -0.342 e. The molecule has 5 nitrogen and oxygen atoms in total. The molecule has 1 unspecified atom stereocenters. The van der Waals surface area contributed by atoms with Crippen LogP contribution in [0.25, 0.3) is 17.0 Å². The second-order valence-electron chi connectivity index (χ2n) is 10.9. The largest absolute Gasteiger partial charge is 0.342 e. The summed E-state index contributed by atoms with van der Waals surface area (Å²) in [4.78, 5) is 14.6. The number of aryl methyl sites for hydroxylation is 1. The van der Waals surface area contributed by atoms with E-state index in [4.69, 9.17) is 0 Å². The van der Waals surface area contributed by atoms with Crippen molar-refractivity contribution in [2.75, 3.05) is 0 Å². The van der Waals surface area contributed by atoms with Gasteiger partial charge in [0, 0.05) is 33.9 Å². The Morgan fingerprint density at radius 3 is 2.15 bits per heavy atom. The van der Waals surface area contributed by atoms with Crippen LogP contribution in [0.15, 0.2) is 149 Å². The molecule has 0 bridgehead atoms. The molecule has 1 heterocycles. The monoisotopic (exact) mass is 646 g/mol. The molecule has 8 heteroatoms. The first-order chi connectivity index (χ1) is 22.3. The van der Waals surface area contributed by atoms with Gasteiger partial charge in [0.25, 0.3) is 10.0 Å².